The molecule has 0 heterocycles. The van der Waals surface area contributed by atoms with Crippen LogP contribution < -0.4 is 9.46 Å². The van der Waals surface area contributed by atoms with E-state index in [1.54, 1.807) is 18.2 Å². The lowest BCUT2D eigenvalue weighted by molar-refractivity contribution is 0.0147. The van der Waals surface area contributed by atoms with Crippen LogP contribution in [-0.2, 0) is 21.2 Å². The number of rotatable bonds is 14. The molecular weight excluding hydrogens is 604 g/mol. The largest absolute Gasteiger partial charge is 0.490 e. The van der Waals surface area contributed by atoms with Gasteiger partial charge in [-0.2, -0.15) is 0 Å². The zero-order valence-corrected chi connectivity index (χ0v) is 28.8. The number of carbonyl (C=O) groups excluding carboxylic acids is 2. The van der Waals surface area contributed by atoms with Gasteiger partial charge in [0.05, 0.1) is 30.1 Å². The molecule has 0 unspecified atom stereocenters. The van der Waals surface area contributed by atoms with Crippen molar-refractivity contribution in [2.45, 2.75) is 79.1 Å². The first-order chi connectivity index (χ1) is 21.5. The van der Waals surface area contributed by atoms with Gasteiger partial charge >= 0.3 is 6.09 Å². The number of amides is 2. The van der Waals surface area contributed by atoms with Crippen molar-refractivity contribution >= 4 is 22.0 Å². The first-order valence-corrected chi connectivity index (χ1v) is 17.3. The predicted molar refractivity (Wildman–Crippen MR) is 181 cm³/mol. The number of hydrogen-bond donors (Lipinski definition) is 2. The van der Waals surface area contributed by atoms with E-state index in [0.29, 0.717) is 19.4 Å². The number of aliphatic hydroxyl groups excluding tert-OH is 1. The second-order valence-electron chi connectivity index (χ2n) is 13.1. The molecule has 0 saturated heterocycles. The molecule has 0 aliphatic heterocycles. The maximum absolute atomic E-state index is 13.0. The predicted octanol–water partition coefficient (Wildman–Crippen LogP) is 6.76. The van der Waals surface area contributed by atoms with E-state index in [1.165, 1.54) is 4.90 Å². The Morgan fingerprint density at radius 1 is 0.913 bits per heavy atom. The van der Waals surface area contributed by atoms with Crippen LogP contribution in [0.1, 0.15) is 82.5 Å². The highest BCUT2D eigenvalue weighted by molar-refractivity contribution is 7.90. The first-order valence-electron chi connectivity index (χ1n) is 15.7. The van der Waals surface area contributed by atoms with Gasteiger partial charge in [-0.25, -0.2) is 17.9 Å². The summed E-state index contributed by atoms with van der Waals surface area (Å²) >= 11 is 0. The van der Waals surface area contributed by atoms with E-state index in [-0.39, 0.29) is 35.6 Å². The summed E-state index contributed by atoms with van der Waals surface area (Å²) in [7, 11) is -3.79. The molecule has 0 spiro atoms. The number of ether oxygens (including phenoxy) is 2. The fraction of sp³-hybridized carbons (Fsp3) is 0.444. The molecule has 0 aliphatic carbocycles. The van der Waals surface area contributed by atoms with Gasteiger partial charge in [-0.3, -0.25) is 4.79 Å². The van der Waals surface area contributed by atoms with Gasteiger partial charge in [-0.05, 0) is 87.8 Å². The fourth-order valence-corrected chi connectivity index (χ4v) is 5.86. The van der Waals surface area contributed by atoms with Crippen LogP contribution in [-0.4, -0.2) is 61.0 Å². The van der Waals surface area contributed by atoms with Crippen molar-refractivity contribution in [1.29, 1.82) is 0 Å². The van der Waals surface area contributed by atoms with Gasteiger partial charge < -0.3 is 19.5 Å². The molecule has 250 valence electrons. The third-order valence-electron chi connectivity index (χ3n) is 6.99. The highest BCUT2D eigenvalue weighted by Crippen LogP contribution is 2.29. The molecule has 3 aromatic carbocycles. The Hall–Kier alpha value is -3.89. The second-order valence-corrected chi connectivity index (χ2v) is 15.0. The van der Waals surface area contributed by atoms with Crippen molar-refractivity contribution in [1.82, 2.24) is 9.62 Å². The van der Waals surface area contributed by atoms with Crippen LogP contribution in [0.15, 0.2) is 72.8 Å². The standard InChI is InChI=1S/C36H48N2O7S/c1-25(2)20-22-46(42,43)37-34(40)31-18-17-30(23-33(31)44-26(3)4)28-15-13-27(14-16-28)19-21-38(35(41)45-36(5,6)7)24-32(39)29-11-9-8-10-12-29/h8-18,23,25-26,32,39H,19-22,24H2,1-7H3,(H,37,40)/t32-/m0/s1. The Kier molecular flexibility index (Phi) is 12.8. The summed E-state index contributed by atoms with van der Waals surface area (Å²) in [5, 5.41) is 10.8. The molecule has 0 fully saturated rings. The van der Waals surface area contributed by atoms with Crippen molar-refractivity contribution in [2.24, 2.45) is 5.92 Å². The average Bonchev–Trinajstić information content (AvgIpc) is 2.97. The van der Waals surface area contributed by atoms with Crippen molar-refractivity contribution in [3.05, 3.63) is 89.5 Å². The van der Waals surface area contributed by atoms with E-state index >= 15 is 0 Å². The quantitative estimate of drug-likeness (QED) is 0.197. The Balaban J connectivity index is 1.76. The molecule has 3 rings (SSSR count). The zero-order valence-electron chi connectivity index (χ0n) is 27.9. The Labute approximate surface area is 274 Å². The van der Waals surface area contributed by atoms with Crippen molar-refractivity contribution in [3.63, 3.8) is 0 Å². The molecule has 0 aromatic heterocycles. The number of nitrogens with one attached hydrogen (secondary N) is 1. The van der Waals surface area contributed by atoms with Crippen LogP contribution in [0.3, 0.4) is 0 Å². The Bertz CT molecular complexity index is 1550. The van der Waals surface area contributed by atoms with E-state index in [2.05, 4.69) is 4.72 Å². The smallest absolute Gasteiger partial charge is 0.410 e. The highest BCUT2D eigenvalue weighted by atomic mass is 32.2. The molecule has 0 saturated carbocycles. The number of nitrogens with zero attached hydrogens (tertiary/aromatic N) is 1. The minimum absolute atomic E-state index is 0.0919. The average molecular weight is 653 g/mol. The van der Waals surface area contributed by atoms with Crippen LogP contribution in [0.25, 0.3) is 11.1 Å². The molecule has 1 atom stereocenters. The van der Waals surface area contributed by atoms with Crippen LogP contribution >= 0.6 is 0 Å². The summed E-state index contributed by atoms with van der Waals surface area (Å²) in [4.78, 5) is 27.5. The number of sulfonamides is 1. The lowest BCUT2D eigenvalue weighted by atomic mass is 10.0. The maximum atomic E-state index is 13.0. The lowest BCUT2D eigenvalue weighted by Gasteiger charge is -2.29. The molecule has 2 amide bonds. The third kappa shape index (κ3) is 11.8. The molecule has 2 N–H and O–H groups in total. The number of benzene rings is 3. The summed E-state index contributed by atoms with van der Waals surface area (Å²) < 4.78 is 38.7. The van der Waals surface area contributed by atoms with Crippen molar-refractivity contribution < 1.29 is 32.6 Å². The summed E-state index contributed by atoms with van der Waals surface area (Å²) in [5.41, 5.74) is 2.83. The molecule has 0 bridgehead atoms. The number of carbonyl (C=O) groups is 2. The van der Waals surface area contributed by atoms with E-state index in [4.69, 9.17) is 9.47 Å². The second kappa shape index (κ2) is 16.1. The Morgan fingerprint density at radius 2 is 1.54 bits per heavy atom. The molecule has 0 radical (unpaired) electrons. The molecule has 46 heavy (non-hydrogen) atoms. The normalized spacial score (nSPS) is 12.6. The molecule has 0 aliphatic rings. The van der Waals surface area contributed by atoms with E-state index in [1.807, 2.05) is 103 Å². The van der Waals surface area contributed by atoms with Gasteiger partial charge in [-0.1, -0.05) is 74.5 Å². The van der Waals surface area contributed by atoms with Gasteiger partial charge in [0.25, 0.3) is 5.91 Å². The third-order valence-corrected chi connectivity index (χ3v) is 8.26. The van der Waals surface area contributed by atoms with Crippen molar-refractivity contribution in [2.75, 3.05) is 18.8 Å². The Morgan fingerprint density at radius 3 is 2.13 bits per heavy atom. The minimum atomic E-state index is -3.79. The van der Waals surface area contributed by atoms with Gasteiger partial charge in [0.2, 0.25) is 10.0 Å². The molecule has 3 aromatic rings. The summed E-state index contributed by atoms with van der Waals surface area (Å²) in [6, 6.07) is 22.1. The van der Waals surface area contributed by atoms with Crippen LogP contribution in [0.5, 0.6) is 5.75 Å². The number of hydrogen-bond acceptors (Lipinski definition) is 7. The SMILES string of the molecule is CC(C)CCS(=O)(=O)NC(=O)c1ccc(-c2ccc(CCN(C[C@H](O)c3ccccc3)C(=O)OC(C)(C)C)cc2)cc1OC(C)C. The van der Waals surface area contributed by atoms with Crippen LogP contribution in [0, 0.1) is 5.92 Å². The fourth-order valence-electron chi connectivity index (χ4n) is 4.58. The minimum Gasteiger partial charge on any atom is -0.490 e. The summed E-state index contributed by atoms with van der Waals surface area (Å²) in [5.74, 6) is -0.385. The molecular formula is C36H48N2O7S. The first kappa shape index (κ1) is 36.6. The van der Waals surface area contributed by atoms with Gasteiger partial charge in [-0.15, -0.1) is 0 Å². The van der Waals surface area contributed by atoms with E-state index in [9.17, 15) is 23.1 Å². The van der Waals surface area contributed by atoms with Crippen LogP contribution in [0.2, 0.25) is 0 Å². The zero-order chi connectivity index (χ0) is 34.1. The highest BCUT2D eigenvalue weighted by Gasteiger charge is 2.25. The van der Waals surface area contributed by atoms with Crippen LogP contribution in [0.4, 0.5) is 4.79 Å². The van der Waals surface area contributed by atoms with Gasteiger partial charge in [0.1, 0.15) is 11.4 Å². The van der Waals surface area contributed by atoms with E-state index in [0.717, 1.165) is 22.3 Å². The lowest BCUT2D eigenvalue weighted by Crippen LogP contribution is -2.40. The maximum Gasteiger partial charge on any atom is 0.410 e. The van der Waals surface area contributed by atoms with Gasteiger partial charge in [0, 0.05) is 6.54 Å². The van der Waals surface area contributed by atoms with Gasteiger partial charge in [0.15, 0.2) is 0 Å². The number of aliphatic hydroxyl groups is 1. The monoisotopic (exact) mass is 652 g/mol. The summed E-state index contributed by atoms with van der Waals surface area (Å²) in [6.07, 6.45) is -0.610. The topological polar surface area (TPSA) is 122 Å². The van der Waals surface area contributed by atoms with E-state index < -0.39 is 33.7 Å². The molecule has 9 nitrogen and oxygen atoms in total. The summed E-state index contributed by atoms with van der Waals surface area (Å²) in [6.45, 7) is 13.4. The van der Waals surface area contributed by atoms with Crippen molar-refractivity contribution in [3.8, 4) is 16.9 Å². The molecule has 10 heteroatoms.